The second-order valence-electron chi connectivity index (χ2n) is 7.64. The molecule has 0 saturated carbocycles. The predicted octanol–water partition coefficient (Wildman–Crippen LogP) is 3.08. The molecule has 1 fully saturated rings. The number of benzene rings is 2. The Morgan fingerprint density at radius 1 is 1.19 bits per heavy atom. The lowest BCUT2D eigenvalue weighted by Crippen LogP contribution is -2.51. The lowest BCUT2D eigenvalue weighted by Gasteiger charge is -2.46. The van der Waals surface area contributed by atoms with E-state index < -0.39 is 12.2 Å². The van der Waals surface area contributed by atoms with Crippen molar-refractivity contribution in [3.05, 3.63) is 59.7 Å². The average molecular weight is 369 g/mol. The van der Waals surface area contributed by atoms with Crippen molar-refractivity contribution >= 4 is 0 Å². The van der Waals surface area contributed by atoms with E-state index in [1.54, 1.807) is 7.11 Å². The first-order chi connectivity index (χ1) is 13.1. The van der Waals surface area contributed by atoms with Crippen LogP contribution in [0.1, 0.15) is 42.6 Å². The number of piperidine rings is 1. The van der Waals surface area contributed by atoms with Gasteiger partial charge < -0.3 is 24.6 Å². The zero-order chi connectivity index (χ0) is 18.9. The molecule has 27 heavy (non-hydrogen) atoms. The van der Waals surface area contributed by atoms with E-state index in [9.17, 15) is 10.2 Å². The maximum absolute atomic E-state index is 10.6. The molecule has 144 valence electrons. The summed E-state index contributed by atoms with van der Waals surface area (Å²) in [5.74, 6) is 1.47. The molecule has 0 radical (unpaired) electrons. The van der Waals surface area contributed by atoms with E-state index in [2.05, 4.69) is 4.90 Å². The minimum Gasteiger partial charge on any atom is -0.497 e. The van der Waals surface area contributed by atoms with Gasteiger partial charge in [-0.3, -0.25) is 0 Å². The third-order valence-corrected chi connectivity index (χ3v) is 5.85. The Balaban J connectivity index is 1.41. The molecular formula is C22H27NO4. The van der Waals surface area contributed by atoms with Crippen LogP contribution >= 0.6 is 0 Å². The van der Waals surface area contributed by atoms with E-state index in [-0.39, 0.29) is 5.60 Å². The fourth-order valence-electron chi connectivity index (χ4n) is 4.22. The molecule has 0 unspecified atom stereocenters. The monoisotopic (exact) mass is 369 g/mol. The van der Waals surface area contributed by atoms with Crippen molar-refractivity contribution in [1.82, 2.24) is 4.90 Å². The van der Waals surface area contributed by atoms with Crippen molar-refractivity contribution in [2.75, 3.05) is 26.7 Å². The third kappa shape index (κ3) is 3.81. The van der Waals surface area contributed by atoms with Crippen molar-refractivity contribution in [2.45, 2.75) is 37.1 Å². The molecule has 1 spiro atoms. The highest BCUT2D eigenvalue weighted by atomic mass is 16.5. The first kappa shape index (κ1) is 18.3. The van der Waals surface area contributed by atoms with E-state index in [4.69, 9.17) is 9.47 Å². The maximum atomic E-state index is 10.6. The van der Waals surface area contributed by atoms with Gasteiger partial charge in [-0.2, -0.15) is 0 Å². The van der Waals surface area contributed by atoms with Crippen molar-refractivity contribution in [3.63, 3.8) is 0 Å². The van der Waals surface area contributed by atoms with Gasteiger partial charge in [0.15, 0.2) is 0 Å². The molecule has 0 aliphatic carbocycles. The summed E-state index contributed by atoms with van der Waals surface area (Å²) in [4.78, 5) is 2.28. The van der Waals surface area contributed by atoms with Crippen LogP contribution in [-0.4, -0.2) is 47.5 Å². The summed E-state index contributed by atoms with van der Waals surface area (Å²) in [6, 6.07) is 15.4. The van der Waals surface area contributed by atoms with Gasteiger partial charge in [-0.05, 0) is 30.5 Å². The van der Waals surface area contributed by atoms with Crippen molar-refractivity contribution < 1.29 is 19.7 Å². The molecule has 4 rings (SSSR count). The summed E-state index contributed by atoms with van der Waals surface area (Å²) in [5, 5.41) is 21.1. The van der Waals surface area contributed by atoms with Gasteiger partial charge in [0, 0.05) is 37.7 Å². The Kier molecular flexibility index (Phi) is 5.08. The van der Waals surface area contributed by atoms with Crippen molar-refractivity contribution in [3.8, 4) is 11.5 Å². The van der Waals surface area contributed by atoms with Crippen LogP contribution in [0.15, 0.2) is 48.5 Å². The molecule has 2 atom stereocenters. The van der Waals surface area contributed by atoms with Crippen LogP contribution in [0.25, 0.3) is 0 Å². The van der Waals surface area contributed by atoms with E-state index in [0.717, 1.165) is 48.6 Å². The van der Waals surface area contributed by atoms with Gasteiger partial charge >= 0.3 is 0 Å². The maximum Gasteiger partial charge on any atom is 0.129 e. The molecule has 2 aliphatic rings. The summed E-state index contributed by atoms with van der Waals surface area (Å²) in [6.07, 6.45) is 1.29. The number of fused-ring (bicyclic) bond motifs is 1. The van der Waals surface area contributed by atoms with Crippen LogP contribution in [0.3, 0.4) is 0 Å². The van der Waals surface area contributed by atoms with Gasteiger partial charge in [-0.1, -0.05) is 30.3 Å². The lowest BCUT2D eigenvalue weighted by atomic mass is 9.81. The molecule has 0 aromatic heterocycles. The summed E-state index contributed by atoms with van der Waals surface area (Å²) < 4.78 is 11.7. The number of rotatable bonds is 4. The molecule has 5 heteroatoms. The highest BCUT2D eigenvalue weighted by molar-refractivity contribution is 5.44. The average Bonchev–Trinajstić information content (AvgIpc) is 2.70. The van der Waals surface area contributed by atoms with Crippen LogP contribution in [0.2, 0.25) is 0 Å². The topological polar surface area (TPSA) is 62.2 Å². The number of ether oxygens (including phenoxy) is 2. The van der Waals surface area contributed by atoms with E-state index >= 15 is 0 Å². The third-order valence-electron chi connectivity index (χ3n) is 5.85. The molecule has 2 heterocycles. The minimum absolute atomic E-state index is 0.340. The number of likely N-dealkylation sites (tertiary alicyclic amines) is 1. The predicted molar refractivity (Wildman–Crippen MR) is 103 cm³/mol. The van der Waals surface area contributed by atoms with Gasteiger partial charge in [0.05, 0.1) is 19.3 Å². The normalized spacial score (nSPS) is 22.7. The number of aliphatic hydroxyl groups excluding tert-OH is 2. The lowest BCUT2D eigenvalue weighted by molar-refractivity contribution is -0.0588. The second kappa shape index (κ2) is 7.50. The largest absolute Gasteiger partial charge is 0.497 e. The first-order valence-corrected chi connectivity index (χ1v) is 9.59. The Morgan fingerprint density at radius 3 is 2.63 bits per heavy atom. The number of β-amino-alcohol motifs (C(OH)–C–C–N with tert-alkyl or cyclic N) is 1. The highest BCUT2D eigenvalue weighted by Crippen LogP contribution is 2.45. The van der Waals surface area contributed by atoms with Gasteiger partial charge in [0.2, 0.25) is 0 Å². The van der Waals surface area contributed by atoms with Crippen LogP contribution in [0.4, 0.5) is 0 Å². The van der Waals surface area contributed by atoms with E-state index in [1.807, 2.05) is 48.5 Å². The highest BCUT2D eigenvalue weighted by Gasteiger charge is 2.43. The smallest absolute Gasteiger partial charge is 0.129 e. The second-order valence-corrected chi connectivity index (χ2v) is 7.64. The zero-order valence-corrected chi connectivity index (χ0v) is 15.7. The number of aliphatic hydroxyl groups is 2. The van der Waals surface area contributed by atoms with Crippen molar-refractivity contribution in [1.29, 1.82) is 0 Å². The Labute approximate surface area is 160 Å². The fraction of sp³-hybridized carbons (Fsp3) is 0.455. The fourth-order valence-corrected chi connectivity index (χ4v) is 4.22. The van der Waals surface area contributed by atoms with Crippen LogP contribution in [0, 0.1) is 0 Å². The summed E-state index contributed by atoms with van der Waals surface area (Å²) in [6.45, 7) is 2.30. The molecule has 0 bridgehead atoms. The summed E-state index contributed by atoms with van der Waals surface area (Å²) in [7, 11) is 1.63. The first-order valence-electron chi connectivity index (χ1n) is 9.59. The summed E-state index contributed by atoms with van der Waals surface area (Å²) >= 11 is 0. The molecule has 1 saturated heterocycles. The SMILES string of the molecule is COc1ccc2c(c1)OC1(CCN(C[C@H](O)c3ccccc3)CC1)C[C@H]2O. The number of methoxy groups -OCH3 is 1. The molecule has 2 aromatic carbocycles. The van der Waals surface area contributed by atoms with Crippen LogP contribution < -0.4 is 9.47 Å². The number of hydrogen-bond donors (Lipinski definition) is 2. The summed E-state index contributed by atoms with van der Waals surface area (Å²) in [5.41, 5.74) is 1.44. The van der Waals surface area contributed by atoms with Crippen LogP contribution in [0.5, 0.6) is 11.5 Å². The van der Waals surface area contributed by atoms with Crippen LogP contribution in [-0.2, 0) is 0 Å². The van der Waals surface area contributed by atoms with Crippen molar-refractivity contribution in [2.24, 2.45) is 0 Å². The number of hydrogen-bond acceptors (Lipinski definition) is 5. The zero-order valence-electron chi connectivity index (χ0n) is 15.7. The Bertz CT molecular complexity index is 771. The molecular weight excluding hydrogens is 342 g/mol. The number of nitrogens with zero attached hydrogens (tertiary/aromatic N) is 1. The molecule has 2 aromatic rings. The Hall–Kier alpha value is -2.08. The van der Waals surface area contributed by atoms with E-state index in [1.165, 1.54) is 0 Å². The minimum atomic E-state index is -0.513. The standard InChI is InChI=1S/C22H27NO4/c1-26-17-7-8-18-19(24)14-22(27-21(18)13-17)9-11-23(12-10-22)15-20(25)16-5-3-2-4-6-16/h2-8,13,19-20,24-25H,9-12,14-15H2,1H3/t19-,20+/m1/s1. The van der Waals surface area contributed by atoms with Gasteiger partial charge in [0.25, 0.3) is 0 Å². The van der Waals surface area contributed by atoms with Gasteiger partial charge in [-0.25, -0.2) is 0 Å². The molecule has 2 aliphatic heterocycles. The molecule has 0 amide bonds. The molecule has 2 N–H and O–H groups in total. The Morgan fingerprint density at radius 2 is 1.93 bits per heavy atom. The van der Waals surface area contributed by atoms with E-state index in [0.29, 0.717) is 13.0 Å². The quantitative estimate of drug-likeness (QED) is 0.867. The van der Waals surface area contributed by atoms with Gasteiger partial charge in [0.1, 0.15) is 17.1 Å². The molecule has 5 nitrogen and oxygen atoms in total. The van der Waals surface area contributed by atoms with Gasteiger partial charge in [-0.15, -0.1) is 0 Å².